The van der Waals surface area contributed by atoms with Crippen molar-refractivity contribution in [2.45, 2.75) is 58.5 Å². The highest BCUT2D eigenvalue weighted by Crippen LogP contribution is 2.31. The number of hydrogen-bond acceptors (Lipinski definition) is 2. The van der Waals surface area contributed by atoms with Gasteiger partial charge in [-0.3, -0.25) is 4.90 Å². The van der Waals surface area contributed by atoms with Crippen molar-refractivity contribution in [2.75, 3.05) is 19.6 Å². The Hall–Kier alpha value is -0.860. The van der Waals surface area contributed by atoms with E-state index in [1.54, 1.807) is 0 Å². The number of unbranched alkanes of at least 4 members (excludes halogenated alkanes) is 1. The zero-order valence-corrected chi connectivity index (χ0v) is 14.2. The van der Waals surface area contributed by atoms with Crippen LogP contribution < -0.4 is 5.32 Å². The molecule has 0 amide bonds. The van der Waals surface area contributed by atoms with Gasteiger partial charge in [0.1, 0.15) is 0 Å². The first kappa shape index (κ1) is 16.5. The maximum Gasteiger partial charge on any atom is 0.0558 e. The molecule has 0 saturated carbocycles. The Bertz CT molecular complexity index is 415. The number of nitrogens with one attached hydrogen (secondary N) is 1. The number of nitrogens with zero attached hydrogens (tertiary/aromatic N) is 1. The van der Waals surface area contributed by atoms with Crippen LogP contribution in [-0.4, -0.2) is 30.6 Å². The molecule has 1 aromatic rings. The molecule has 2 rings (SSSR count). The van der Waals surface area contributed by atoms with Gasteiger partial charge < -0.3 is 5.32 Å². The van der Waals surface area contributed by atoms with Crippen molar-refractivity contribution >= 4 is 0 Å². The van der Waals surface area contributed by atoms with Gasteiger partial charge in [0.15, 0.2) is 0 Å². The minimum absolute atomic E-state index is 0.129. The lowest BCUT2D eigenvalue weighted by Crippen LogP contribution is -2.61. The summed E-state index contributed by atoms with van der Waals surface area (Å²) in [7, 11) is 0. The second kappa shape index (κ2) is 7.42. The van der Waals surface area contributed by atoms with Crippen molar-refractivity contribution < 1.29 is 0 Å². The highest BCUT2D eigenvalue weighted by atomic mass is 15.3. The van der Waals surface area contributed by atoms with Crippen LogP contribution in [0.25, 0.3) is 0 Å². The summed E-state index contributed by atoms with van der Waals surface area (Å²) < 4.78 is 0. The van der Waals surface area contributed by atoms with Crippen LogP contribution in [0.4, 0.5) is 0 Å². The molecule has 2 heteroatoms. The van der Waals surface area contributed by atoms with Crippen molar-refractivity contribution in [2.24, 2.45) is 5.92 Å². The Balaban J connectivity index is 2.15. The van der Waals surface area contributed by atoms with Gasteiger partial charge in [0, 0.05) is 19.1 Å². The summed E-state index contributed by atoms with van der Waals surface area (Å²) in [5.41, 5.74) is 1.57. The van der Waals surface area contributed by atoms with Gasteiger partial charge in [0.2, 0.25) is 0 Å². The Labute approximate surface area is 130 Å². The summed E-state index contributed by atoms with van der Waals surface area (Å²) in [6, 6.07) is 11.6. The third kappa shape index (κ3) is 4.08. The molecule has 118 valence electrons. The molecule has 0 radical (unpaired) electrons. The topological polar surface area (TPSA) is 15.3 Å². The van der Waals surface area contributed by atoms with E-state index in [0.29, 0.717) is 6.04 Å². The zero-order chi connectivity index (χ0) is 15.3. The monoisotopic (exact) mass is 288 g/mol. The largest absolute Gasteiger partial charge is 0.311 e. The predicted octanol–water partition coefficient (Wildman–Crippen LogP) is 4.02. The summed E-state index contributed by atoms with van der Waals surface area (Å²) in [6.45, 7) is 12.8. The molecular weight excluding hydrogens is 256 g/mol. The summed E-state index contributed by atoms with van der Waals surface area (Å²) in [4.78, 5) is 2.72. The van der Waals surface area contributed by atoms with Crippen molar-refractivity contribution in [3.05, 3.63) is 35.9 Å². The maximum absolute atomic E-state index is 3.80. The molecule has 0 aliphatic carbocycles. The van der Waals surface area contributed by atoms with Gasteiger partial charge in [-0.1, -0.05) is 57.5 Å². The molecule has 2 unspecified atom stereocenters. The van der Waals surface area contributed by atoms with E-state index in [9.17, 15) is 0 Å². The van der Waals surface area contributed by atoms with Gasteiger partial charge in [-0.05, 0) is 37.8 Å². The minimum atomic E-state index is 0.129. The Kier molecular flexibility index (Phi) is 5.83. The van der Waals surface area contributed by atoms with E-state index >= 15 is 0 Å². The van der Waals surface area contributed by atoms with Crippen LogP contribution in [0.3, 0.4) is 0 Å². The lowest BCUT2D eigenvalue weighted by molar-refractivity contribution is 0.0437. The van der Waals surface area contributed by atoms with Gasteiger partial charge >= 0.3 is 0 Å². The van der Waals surface area contributed by atoms with Gasteiger partial charge in [-0.15, -0.1) is 0 Å². The van der Waals surface area contributed by atoms with Crippen LogP contribution in [0.2, 0.25) is 0 Å². The Morgan fingerprint density at radius 3 is 2.62 bits per heavy atom. The molecule has 2 atom stereocenters. The third-order valence-corrected chi connectivity index (χ3v) is 4.81. The fourth-order valence-corrected chi connectivity index (χ4v) is 3.48. The average Bonchev–Trinajstić information content (AvgIpc) is 2.48. The minimum Gasteiger partial charge on any atom is -0.311 e. The van der Waals surface area contributed by atoms with Gasteiger partial charge in [-0.2, -0.15) is 0 Å². The SMILES string of the molecule is CCCCN1CC(CC(C)C)NCC1(C)c1ccccc1. The molecule has 1 heterocycles. The Morgan fingerprint density at radius 2 is 2.00 bits per heavy atom. The number of hydrogen-bond donors (Lipinski definition) is 1. The van der Waals surface area contributed by atoms with Crippen LogP contribution >= 0.6 is 0 Å². The van der Waals surface area contributed by atoms with Crippen LogP contribution in [0.5, 0.6) is 0 Å². The Morgan fingerprint density at radius 1 is 1.29 bits per heavy atom. The molecule has 0 spiro atoms. The summed E-state index contributed by atoms with van der Waals surface area (Å²) in [5, 5.41) is 3.80. The molecule has 1 N–H and O–H groups in total. The van der Waals surface area contributed by atoms with Crippen molar-refractivity contribution in [1.82, 2.24) is 10.2 Å². The van der Waals surface area contributed by atoms with E-state index in [1.165, 1.54) is 37.9 Å². The number of benzene rings is 1. The normalized spacial score (nSPS) is 27.2. The molecule has 1 fully saturated rings. The van der Waals surface area contributed by atoms with Crippen molar-refractivity contribution in [3.63, 3.8) is 0 Å². The van der Waals surface area contributed by atoms with Crippen LogP contribution in [0.1, 0.15) is 52.5 Å². The maximum atomic E-state index is 3.80. The predicted molar refractivity (Wildman–Crippen MR) is 91.5 cm³/mol. The average molecular weight is 288 g/mol. The molecule has 1 saturated heterocycles. The molecule has 0 aromatic heterocycles. The second-order valence-corrected chi connectivity index (χ2v) is 7.15. The summed E-state index contributed by atoms with van der Waals surface area (Å²) >= 11 is 0. The zero-order valence-electron chi connectivity index (χ0n) is 14.2. The molecule has 21 heavy (non-hydrogen) atoms. The molecule has 1 aliphatic heterocycles. The second-order valence-electron chi connectivity index (χ2n) is 7.15. The van der Waals surface area contributed by atoms with Crippen LogP contribution in [-0.2, 0) is 5.54 Å². The van der Waals surface area contributed by atoms with Gasteiger partial charge in [-0.25, -0.2) is 0 Å². The lowest BCUT2D eigenvalue weighted by atomic mass is 9.85. The van der Waals surface area contributed by atoms with Crippen molar-refractivity contribution in [1.29, 1.82) is 0 Å². The number of rotatable bonds is 6. The highest BCUT2D eigenvalue weighted by Gasteiger charge is 2.38. The molecule has 1 aliphatic rings. The molecule has 0 bridgehead atoms. The van der Waals surface area contributed by atoms with Crippen LogP contribution in [0.15, 0.2) is 30.3 Å². The highest BCUT2D eigenvalue weighted by molar-refractivity contribution is 5.25. The van der Waals surface area contributed by atoms with Gasteiger partial charge in [0.25, 0.3) is 0 Å². The van der Waals surface area contributed by atoms with Crippen molar-refractivity contribution in [3.8, 4) is 0 Å². The first-order chi connectivity index (χ1) is 10.1. The van der Waals surface area contributed by atoms with E-state index in [0.717, 1.165) is 12.5 Å². The van der Waals surface area contributed by atoms with Crippen LogP contribution in [0, 0.1) is 5.92 Å². The first-order valence-corrected chi connectivity index (χ1v) is 8.60. The molecule has 1 aromatic carbocycles. The lowest BCUT2D eigenvalue weighted by Gasteiger charge is -2.49. The fraction of sp³-hybridized carbons (Fsp3) is 0.684. The quantitative estimate of drug-likeness (QED) is 0.850. The molecular formula is C19H32N2. The number of piperazine rings is 1. The van der Waals surface area contributed by atoms with E-state index < -0.39 is 0 Å². The third-order valence-electron chi connectivity index (χ3n) is 4.81. The van der Waals surface area contributed by atoms with E-state index in [1.807, 2.05) is 0 Å². The standard InChI is InChI=1S/C19H32N2/c1-5-6-12-21-14-18(13-16(2)3)20-15-19(21,4)17-10-8-7-9-11-17/h7-11,16,18,20H,5-6,12-15H2,1-4H3. The van der Waals surface area contributed by atoms with E-state index in [4.69, 9.17) is 0 Å². The van der Waals surface area contributed by atoms with Gasteiger partial charge in [0.05, 0.1) is 5.54 Å². The summed E-state index contributed by atoms with van der Waals surface area (Å²) in [6.07, 6.45) is 3.83. The molecule has 2 nitrogen and oxygen atoms in total. The first-order valence-electron chi connectivity index (χ1n) is 8.60. The van der Waals surface area contributed by atoms with E-state index in [2.05, 4.69) is 68.2 Å². The van der Waals surface area contributed by atoms with E-state index in [-0.39, 0.29) is 5.54 Å². The summed E-state index contributed by atoms with van der Waals surface area (Å²) in [5.74, 6) is 0.761. The smallest absolute Gasteiger partial charge is 0.0558 e. The fourth-order valence-electron chi connectivity index (χ4n) is 3.48.